The second-order valence-electron chi connectivity index (χ2n) is 7.03. The molecule has 0 N–H and O–H groups in total. The highest BCUT2D eigenvalue weighted by Crippen LogP contribution is 2.26. The molecule has 0 saturated heterocycles. The lowest BCUT2D eigenvalue weighted by atomic mass is 9.87. The zero-order valence-electron chi connectivity index (χ0n) is 15.2. The molecule has 134 valence electrons. The van der Waals surface area contributed by atoms with Crippen LogP contribution >= 0.6 is 0 Å². The highest BCUT2D eigenvalue weighted by atomic mass is 16.7. The largest absolute Gasteiger partial charge is 0.508 e. The molecule has 0 aliphatic heterocycles. The predicted molar refractivity (Wildman–Crippen MR) is 91.4 cm³/mol. The fourth-order valence-corrected chi connectivity index (χ4v) is 2.20. The molecule has 5 heteroatoms. The van der Waals surface area contributed by atoms with Crippen molar-refractivity contribution in [2.75, 3.05) is 6.61 Å². The third-order valence-electron chi connectivity index (χ3n) is 3.40. The normalized spacial score (nSPS) is 12.6. The number of esters is 1. The molecular formula is C19H28O5. The molecule has 1 aromatic carbocycles. The number of hydrogen-bond acceptors (Lipinski definition) is 5. The number of carbonyl (C=O) groups excluding carboxylic acids is 2. The molecule has 0 spiro atoms. The van der Waals surface area contributed by atoms with E-state index in [2.05, 4.69) is 0 Å². The lowest BCUT2D eigenvalue weighted by Crippen LogP contribution is -2.32. The minimum Gasteiger partial charge on any atom is -0.460 e. The topological polar surface area (TPSA) is 61.8 Å². The highest BCUT2D eigenvalue weighted by molar-refractivity contribution is 5.76. The Labute approximate surface area is 144 Å². The molecule has 0 amide bonds. The summed E-state index contributed by atoms with van der Waals surface area (Å²) in [7, 11) is 0. The average Bonchev–Trinajstić information content (AvgIpc) is 2.50. The second-order valence-corrected chi connectivity index (χ2v) is 7.03. The van der Waals surface area contributed by atoms with Gasteiger partial charge in [-0.25, -0.2) is 4.79 Å². The van der Waals surface area contributed by atoms with Crippen molar-refractivity contribution in [3.05, 3.63) is 35.9 Å². The summed E-state index contributed by atoms with van der Waals surface area (Å²) in [4.78, 5) is 23.8. The monoisotopic (exact) mass is 336 g/mol. The number of hydrogen-bond donors (Lipinski definition) is 0. The number of ether oxygens (including phenoxy) is 3. The summed E-state index contributed by atoms with van der Waals surface area (Å²) >= 11 is 0. The molecule has 1 unspecified atom stereocenters. The van der Waals surface area contributed by atoms with Gasteiger partial charge in [-0.2, -0.15) is 0 Å². The molecule has 1 aromatic rings. The van der Waals surface area contributed by atoms with Crippen LogP contribution in [0.15, 0.2) is 30.3 Å². The maximum Gasteiger partial charge on any atom is 0.508 e. The first kappa shape index (κ1) is 20.0. The van der Waals surface area contributed by atoms with Gasteiger partial charge in [0.05, 0.1) is 12.0 Å². The van der Waals surface area contributed by atoms with Gasteiger partial charge in [-0.3, -0.25) is 4.79 Å². The van der Waals surface area contributed by atoms with Crippen molar-refractivity contribution in [2.24, 2.45) is 11.3 Å². The van der Waals surface area contributed by atoms with Crippen molar-refractivity contribution >= 4 is 12.1 Å². The third kappa shape index (κ3) is 7.49. The fraction of sp³-hybridized carbons (Fsp3) is 0.579. The van der Waals surface area contributed by atoms with Crippen LogP contribution in [0.1, 0.15) is 46.6 Å². The Balaban J connectivity index is 2.42. The minimum atomic E-state index is -0.757. The zero-order valence-corrected chi connectivity index (χ0v) is 15.2. The average molecular weight is 336 g/mol. The van der Waals surface area contributed by atoms with Crippen molar-refractivity contribution in [3.63, 3.8) is 0 Å². The van der Waals surface area contributed by atoms with Crippen LogP contribution < -0.4 is 0 Å². The summed E-state index contributed by atoms with van der Waals surface area (Å²) in [6.07, 6.45) is -0.786. The Morgan fingerprint density at radius 2 is 1.67 bits per heavy atom. The second kappa shape index (κ2) is 9.30. The quantitative estimate of drug-likeness (QED) is 0.661. The van der Waals surface area contributed by atoms with E-state index in [4.69, 9.17) is 14.2 Å². The van der Waals surface area contributed by atoms with Crippen LogP contribution in [0.4, 0.5) is 4.79 Å². The van der Waals surface area contributed by atoms with E-state index in [0.717, 1.165) is 5.56 Å². The summed E-state index contributed by atoms with van der Waals surface area (Å²) in [5.41, 5.74) is 0.176. The highest BCUT2D eigenvalue weighted by Gasteiger charge is 2.32. The Hall–Kier alpha value is -2.04. The summed E-state index contributed by atoms with van der Waals surface area (Å²) in [5, 5.41) is 0. The molecule has 0 saturated carbocycles. The standard InChI is InChI=1S/C19H28O5/c1-14(2)12-23-18(21)24-15(3)11-19(4,5)17(20)22-13-16-9-7-6-8-10-16/h6-10,14-15H,11-13H2,1-5H3. The fourth-order valence-electron chi connectivity index (χ4n) is 2.20. The zero-order chi connectivity index (χ0) is 18.2. The van der Waals surface area contributed by atoms with Gasteiger partial charge in [0, 0.05) is 0 Å². The number of carbonyl (C=O) groups is 2. The van der Waals surface area contributed by atoms with Crippen molar-refractivity contribution in [3.8, 4) is 0 Å². The van der Waals surface area contributed by atoms with E-state index in [1.54, 1.807) is 20.8 Å². The van der Waals surface area contributed by atoms with E-state index >= 15 is 0 Å². The number of rotatable bonds is 8. The molecular weight excluding hydrogens is 308 g/mol. The molecule has 24 heavy (non-hydrogen) atoms. The van der Waals surface area contributed by atoms with Crippen molar-refractivity contribution < 1.29 is 23.8 Å². The van der Waals surface area contributed by atoms with Gasteiger partial charge in [0.1, 0.15) is 12.7 Å². The van der Waals surface area contributed by atoms with Crippen LogP contribution in [0, 0.1) is 11.3 Å². The smallest absolute Gasteiger partial charge is 0.460 e. The Bertz CT molecular complexity index is 522. The van der Waals surface area contributed by atoms with Gasteiger partial charge in [0.15, 0.2) is 0 Å². The van der Waals surface area contributed by atoms with Crippen LogP contribution in [0.2, 0.25) is 0 Å². The molecule has 0 fully saturated rings. The van der Waals surface area contributed by atoms with Gasteiger partial charge in [-0.05, 0) is 38.7 Å². The van der Waals surface area contributed by atoms with E-state index in [1.807, 2.05) is 44.2 Å². The van der Waals surface area contributed by atoms with Crippen LogP contribution in [-0.2, 0) is 25.6 Å². The molecule has 0 bridgehead atoms. The molecule has 0 radical (unpaired) electrons. The van der Waals surface area contributed by atoms with Gasteiger partial charge in [0.25, 0.3) is 0 Å². The van der Waals surface area contributed by atoms with Crippen LogP contribution in [0.25, 0.3) is 0 Å². The molecule has 0 heterocycles. The first-order valence-corrected chi connectivity index (χ1v) is 8.25. The van der Waals surface area contributed by atoms with Gasteiger partial charge in [-0.1, -0.05) is 44.2 Å². The number of benzene rings is 1. The molecule has 1 atom stereocenters. The minimum absolute atomic E-state index is 0.231. The molecule has 5 nitrogen and oxygen atoms in total. The lowest BCUT2D eigenvalue weighted by Gasteiger charge is -2.25. The maximum atomic E-state index is 12.3. The van der Waals surface area contributed by atoms with Gasteiger partial charge >= 0.3 is 12.1 Å². The Morgan fingerprint density at radius 3 is 2.25 bits per heavy atom. The third-order valence-corrected chi connectivity index (χ3v) is 3.40. The molecule has 0 aliphatic rings. The first-order valence-electron chi connectivity index (χ1n) is 8.25. The van der Waals surface area contributed by atoms with Gasteiger partial charge < -0.3 is 14.2 Å². The lowest BCUT2D eigenvalue weighted by molar-refractivity contribution is -0.157. The van der Waals surface area contributed by atoms with Gasteiger partial charge in [0.2, 0.25) is 0 Å². The Kier molecular flexibility index (Phi) is 7.75. The van der Waals surface area contributed by atoms with E-state index in [1.165, 1.54) is 0 Å². The summed E-state index contributed by atoms with van der Waals surface area (Å²) < 4.78 is 15.5. The summed E-state index contributed by atoms with van der Waals surface area (Å²) in [6.45, 7) is 9.73. The van der Waals surface area contributed by atoms with Crippen LogP contribution in [0.3, 0.4) is 0 Å². The molecule has 0 aromatic heterocycles. The van der Waals surface area contributed by atoms with Crippen molar-refractivity contribution in [2.45, 2.75) is 53.8 Å². The van der Waals surface area contributed by atoms with Gasteiger partial charge in [-0.15, -0.1) is 0 Å². The van der Waals surface area contributed by atoms with E-state index < -0.39 is 17.7 Å². The van der Waals surface area contributed by atoms with Crippen molar-refractivity contribution in [1.29, 1.82) is 0 Å². The van der Waals surface area contributed by atoms with Crippen LogP contribution in [-0.4, -0.2) is 24.8 Å². The maximum absolute atomic E-state index is 12.3. The molecule has 0 aliphatic carbocycles. The SMILES string of the molecule is CC(C)COC(=O)OC(C)CC(C)(C)C(=O)OCc1ccccc1. The van der Waals surface area contributed by atoms with E-state index in [-0.39, 0.29) is 18.5 Å². The Morgan fingerprint density at radius 1 is 1.04 bits per heavy atom. The predicted octanol–water partition coefficient (Wildman–Crippen LogP) is 4.34. The summed E-state index contributed by atoms with van der Waals surface area (Å²) in [5.74, 6) is -0.0744. The van der Waals surface area contributed by atoms with Crippen LogP contribution in [0.5, 0.6) is 0 Å². The van der Waals surface area contributed by atoms with E-state index in [9.17, 15) is 9.59 Å². The van der Waals surface area contributed by atoms with E-state index in [0.29, 0.717) is 13.0 Å². The summed E-state index contributed by atoms with van der Waals surface area (Å²) in [6, 6.07) is 9.50. The molecule has 1 rings (SSSR count). The van der Waals surface area contributed by atoms with Crippen molar-refractivity contribution in [1.82, 2.24) is 0 Å². The first-order chi connectivity index (χ1) is 11.2.